The van der Waals surface area contributed by atoms with E-state index in [0.29, 0.717) is 0 Å². The molecular formula is C13H15NO5S. The molecule has 0 fully saturated rings. The van der Waals surface area contributed by atoms with E-state index in [9.17, 15) is 18.3 Å². The second-order valence-electron chi connectivity index (χ2n) is 4.70. The molecule has 0 spiro atoms. The van der Waals surface area contributed by atoms with Crippen molar-refractivity contribution < 1.29 is 23.1 Å². The SMILES string of the molecule is CC(C)OC(=O)c1c(O)c2ccccc2n1S(C)(=O)=O. The number of ether oxygens (including phenoxy) is 1. The lowest BCUT2D eigenvalue weighted by Gasteiger charge is -2.10. The molecule has 1 aromatic carbocycles. The predicted octanol–water partition coefficient (Wildman–Crippen LogP) is 1.72. The van der Waals surface area contributed by atoms with Crippen LogP contribution in [0.25, 0.3) is 10.9 Å². The van der Waals surface area contributed by atoms with Gasteiger partial charge in [-0.2, -0.15) is 0 Å². The van der Waals surface area contributed by atoms with Gasteiger partial charge in [0.25, 0.3) is 0 Å². The Morgan fingerprint density at radius 2 is 1.90 bits per heavy atom. The van der Waals surface area contributed by atoms with E-state index in [1.54, 1.807) is 32.0 Å². The monoisotopic (exact) mass is 297 g/mol. The zero-order valence-corrected chi connectivity index (χ0v) is 12.1. The van der Waals surface area contributed by atoms with Gasteiger partial charge in [0.2, 0.25) is 10.0 Å². The number of fused-ring (bicyclic) bond motifs is 1. The fourth-order valence-electron chi connectivity index (χ4n) is 1.99. The van der Waals surface area contributed by atoms with E-state index in [4.69, 9.17) is 4.74 Å². The van der Waals surface area contributed by atoms with E-state index < -0.39 is 27.8 Å². The fraction of sp³-hybridized carbons (Fsp3) is 0.308. The number of esters is 1. The number of rotatable bonds is 3. The molecule has 1 N–H and O–H groups in total. The van der Waals surface area contributed by atoms with Gasteiger partial charge in [0.1, 0.15) is 0 Å². The Bertz CT molecular complexity index is 773. The predicted molar refractivity (Wildman–Crippen MR) is 74.4 cm³/mol. The van der Waals surface area contributed by atoms with Crippen LogP contribution in [0, 0.1) is 0 Å². The highest BCUT2D eigenvalue weighted by molar-refractivity contribution is 7.89. The molecule has 0 aliphatic heterocycles. The summed E-state index contributed by atoms with van der Waals surface area (Å²) in [5.74, 6) is -1.27. The van der Waals surface area contributed by atoms with Crippen molar-refractivity contribution in [3.8, 4) is 5.75 Å². The number of aromatic hydroxyl groups is 1. The van der Waals surface area contributed by atoms with Gasteiger partial charge >= 0.3 is 5.97 Å². The Labute approximate surface area is 116 Å². The molecule has 2 aromatic rings. The number of nitrogens with zero attached hydrogens (tertiary/aromatic N) is 1. The molecule has 0 radical (unpaired) electrons. The zero-order valence-electron chi connectivity index (χ0n) is 11.3. The van der Waals surface area contributed by atoms with Gasteiger partial charge in [-0.3, -0.25) is 0 Å². The second kappa shape index (κ2) is 4.82. The first-order chi connectivity index (χ1) is 9.23. The van der Waals surface area contributed by atoms with Gasteiger partial charge in [0.15, 0.2) is 11.4 Å². The fourth-order valence-corrected chi connectivity index (χ4v) is 3.00. The summed E-state index contributed by atoms with van der Waals surface area (Å²) in [6.45, 7) is 3.28. The van der Waals surface area contributed by atoms with Crippen molar-refractivity contribution >= 4 is 26.9 Å². The minimum atomic E-state index is -3.76. The molecule has 20 heavy (non-hydrogen) atoms. The van der Waals surface area contributed by atoms with Crippen molar-refractivity contribution in [2.45, 2.75) is 20.0 Å². The Balaban J connectivity index is 2.82. The van der Waals surface area contributed by atoms with Crippen LogP contribution in [-0.4, -0.2) is 35.8 Å². The summed E-state index contributed by atoms with van der Waals surface area (Å²) in [4.78, 5) is 12.0. The van der Waals surface area contributed by atoms with Crippen molar-refractivity contribution in [3.05, 3.63) is 30.0 Å². The summed E-state index contributed by atoms with van der Waals surface area (Å²) >= 11 is 0. The van der Waals surface area contributed by atoms with Crippen LogP contribution in [0.4, 0.5) is 0 Å². The lowest BCUT2D eigenvalue weighted by molar-refractivity contribution is 0.0366. The molecule has 108 valence electrons. The first-order valence-corrected chi connectivity index (χ1v) is 7.82. The van der Waals surface area contributed by atoms with Gasteiger partial charge in [-0.25, -0.2) is 17.2 Å². The number of para-hydroxylation sites is 1. The first kappa shape index (κ1) is 14.4. The Morgan fingerprint density at radius 3 is 2.45 bits per heavy atom. The van der Waals surface area contributed by atoms with Crippen LogP contribution < -0.4 is 0 Å². The quantitative estimate of drug-likeness (QED) is 0.872. The highest BCUT2D eigenvalue weighted by Crippen LogP contribution is 2.33. The lowest BCUT2D eigenvalue weighted by atomic mass is 10.2. The standard InChI is InChI=1S/C13H15NO5S/c1-8(2)19-13(16)11-12(15)9-6-4-5-7-10(9)14(11)20(3,17)18/h4-8,15H,1-3H3. The van der Waals surface area contributed by atoms with Crippen molar-refractivity contribution in [2.75, 3.05) is 6.26 Å². The average Bonchev–Trinajstić information content (AvgIpc) is 2.62. The molecule has 0 atom stereocenters. The van der Waals surface area contributed by atoms with Gasteiger partial charge in [0, 0.05) is 5.39 Å². The smallest absolute Gasteiger partial charge is 0.360 e. The van der Waals surface area contributed by atoms with Gasteiger partial charge < -0.3 is 9.84 Å². The minimum Gasteiger partial charge on any atom is -0.505 e. The van der Waals surface area contributed by atoms with Crippen LogP contribution in [0.15, 0.2) is 24.3 Å². The molecule has 6 nitrogen and oxygen atoms in total. The molecule has 0 bridgehead atoms. The molecule has 0 aliphatic rings. The summed E-state index contributed by atoms with van der Waals surface area (Å²) in [6, 6.07) is 6.33. The zero-order chi connectivity index (χ0) is 15.1. The average molecular weight is 297 g/mol. The summed E-state index contributed by atoms with van der Waals surface area (Å²) in [6.07, 6.45) is 0.540. The topological polar surface area (TPSA) is 85.6 Å². The van der Waals surface area contributed by atoms with E-state index >= 15 is 0 Å². The molecule has 0 unspecified atom stereocenters. The summed E-state index contributed by atoms with van der Waals surface area (Å²) < 4.78 is 29.6. The van der Waals surface area contributed by atoms with Crippen LogP contribution in [-0.2, 0) is 14.8 Å². The largest absolute Gasteiger partial charge is 0.505 e. The molecule has 0 saturated heterocycles. The molecule has 0 saturated carbocycles. The van der Waals surface area contributed by atoms with Gasteiger partial charge in [-0.1, -0.05) is 12.1 Å². The Kier molecular flexibility index (Phi) is 3.47. The van der Waals surface area contributed by atoms with E-state index in [2.05, 4.69) is 0 Å². The highest BCUT2D eigenvalue weighted by atomic mass is 32.2. The molecule has 7 heteroatoms. The number of benzene rings is 1. The van der Waals surface area contributed by atoms with Gasteiger partial charge in [-0.15, -0.1) is 0 Å². The third-order valence-electron chi connectivity index (χ3n) is 2.67. The molecule has 1 heterocycles. The van der Waals surface area contributed by atoms with E-state index in [1.165, 1.54) is 6.07 Å². The van der Waals surface area contributed by atoms with Crippen LogP contribution >= 0.6 is 0 Å². The number of hydrogen-bond acceptors (Lipinski definition) is 5. The van der Waals surface area contributed by atoms with Crippen molar-refractivity contribution in [2.24, 2.45) is 0 Å². The van der Waals surface area contributed by atoms with Crippen LogP contribution in [0.2, 0.25) is 0 Å². The van der Waals surface area contributed by atoms with E-state index in [-0.39, 0.29) is 16.6 Å². The maximum Gasteiger partial charge on any atom is 0.360 e. The molecule has 0 amide bonds. The highest BCUT2D eigenvalue weighted by Gasteiger charge is 2.28. The van der Waals surface area contributed by atoms with Crippen molar-refractivity contribution in [1.29, 1.82) is 0 Å². The summed E-state index contributed by atoms with van der Waals surface area (Å²) in [5, 5.41) is 10.4. The molecule has 1 aromatic heterocycles. The maximum atomic E-state index is 12.0. The summed E-state index contributed by atoms with van der Waals surface area (Å²) in [5.41, 5.74) is -0.134. The summed E-state index contributed by atoms with van der Waals surface area (Å²) in [7, 11) is -3.76. The Morgan fingerprint density at radius 1 is 1.30 bits per heavy atom. The Hall–Kier alpha value is -2.02. The number of hydrogen-bond donors (Lipinski definition) is 1. The second-order valence-corrected chi connectivity index (χ2v) is 6.53. The lowest BCUT2D eigenvalue weighted by Crippen LogP contribution is -2.20. The normalized spacial score (nSPS) is 12.0. The number of carbonyl (C=O) groups excluding carboxylic acids is 1. The van der Waals surface area contributed by atoms with E-state index in [0.717, 1.165) is 10.2 Å². The van der Waals surface area contributed by atoms with Gasteiger partial charge in [-0.05, 0) is 26.0 Å². The van der Waals surface area contributed by atoms with Gasteiger partial charge in [0.05, 0.1) is 17.9 Å². The van der Waals surface area contributed by atoms with Crippen molar-refractivity contribution in [3.63, 3.8) is 0 Å². The minimum absolute atomic E-state index is 0.239. The number of aromatic nitrogens is 1. The molecule has 2 rings (SSSR count). The van der Waals surface area contributed by atoms with Crippen LogP contribution in [0.5, 0.6) is 5.75 Å². The molecule has 0 aliphatic carbocycles. The third-order valence-corrected chi connectivity index (χ3v) is 3.72. The maximum absolute atomic E-state index is 12.0. The molecular weight excluding hydrogens is 282 g/mol. The van der Waals surface area contributed by atoms with Crippen LogP contribution in [0.3, 0.4) is 0 Å². The first-order valence-electron chi connectivity index (χ1n) is 5.97. The number of carbonyl (C=O) groups is 1. The third kappa shape index (κ3) is 2.36. The van der Waals surface area contributed by atoms with E-state index in [1.807, 2.05) is 0 Å². The van der Waals surface area contributed by atoms with Crippen molar-refractivity contribution in [1.82, 2.24) is 3.97 Å². The van der Waals surface area contributed by atoms with Crippen LogP contribution in [0.1, 0.15) is 24.3 Å².